The highest BCUT2D eigenvalue weighted by Crippen LogP contribution is 2.41. The molecule has 2 heterocycles. The summed E-state index contributed by atoms with van der Waals surface area (Å²) in [5.74, 6) is 1.14. The van der Waals surface area contributed by atoms with E-state index in [2.05, 4.69) is 75.5 Å². The number of aryl methyl sites for hydroxylation is 1. The van der Waals surface area contributed by atoms with Crippen molar-refractivity contribution in [1.82, 2.24) is 4.98 Å². The quantitative estimate of drug-likeness (QED) is 0.292. The van der Waals surface area contributed by atoms with Gasteiger partial charge >= 0.3 is 0 Å². The third kappa shape index (κ3) is 3.04. The number of aromatic nitrogens is 1. The SMILES string of the molecule is Cc1cc(-c2ncc(C(C)C)c3cc(C4CCCC4)ccc23)c2oc3ccccc3c2c1. The van der Waals surface area contributed by atoms with Crippen LogP contribution in [0.5, 0.6) is 0 Å². The van der Waals surface area contributed by atoms with Gasteiger partial charge in [-0.15, -0.1) is 0 Å². The maximum absolute atomic E-state index is 6.38. The number of para-hydroxylation sites is 1. The van der Waals surface area contributed by atoms with Gasteiger partial charge in [-0.2, -0.15) is 0 Å². The Hall–Kier alpha value is -3.13. The van der Waals surface area contributed by atoms with E-state index in [1.807, 2.05) is 6.07 Å². The maximum Gasteiger partial charge on any atom is 0.144 e. The highest BCUT2D eigenvalue weighted by molar-refractivity contribution is 6.12. The molecule has 1 saturated carbocycles. The Kier molecular flexibility index (Phi) is 4.57. The molecule has 0 saturated heterocycles. The fraction of sp³-hybridized carbons (Fsp3) is 0.300. The number of rotatable bonds is 3. The Bertz CT molecular complexity index is 1470. The smallest absolute Gasteiger partial charge is 0.144 e. The summed E-state index contributed by atoms with van der Waals surface area (Å²) in [5.41, 5.74) is 8.03. The molecule has 2 aromatic heterocycles. The molecule has 6 rings (SSSR count). The second kappa shape index (κ2) is 7.48. The summed E-state index contributed by atoms with van der Waals surface area (Å²) in [4.78, 5) is 5.03. The average Bonchev–Trinajstić information content (AvgIpc) is 3.46. The number of pyridine rings is 1. The molecule has 160 valence electrons. The van der Waals surface area contributed by atoms with Gasteiger partial charge in [0.1, 0.15) is 11.2 Å². The lowest BCUT2D eigenvalue weighted by Gasteiger charge is -2.17. The Balaban J connectivity index is 1.64. The highest BCUT2D eigenvalue weighted by Gasteiger charge is 2.21. The predicted molar refractivity (Wildman–Crippen MR) is 134 cm³/mol. The molecule has 0 radical (unpaired) electrons. The van der Waals surface area contributed by atoms with Crippen molar-refractivity contribution in [2.24, 2.45) is 0 Å². The van der Waals surface area contributed by atoms with E-state index in [0.717, 1.165) is 22.4 Å². The molecular weight excluding hydrogens is 390 g/mol. The maximum atomic E-state index is 6.38. The van der Waals surface area contributed by atoms with Crippen LogP contribution in [0.15, 0.2) is 65.2 Å². The molecule has 5 aromatic rings. The third-order valence-electron chi connectivity index (χ3n) is 7.27. The van der Waals surface area contributed by atoms with Gasteiger partial charge in [0.2, 0.25) is 0 Å². The van der Waals surface area contributed by atoms with Crippen molar-refractivity contribution in [3.8, 4) is 11.3 Å². The Labute approximate surface area is 189 Å². The van der Waals surface area contributed by atoms with Crippen LogP contribution in [-0.2, 0) is 0 Å². The molecule has 2 heteroatoms. The Morgan fingerprint density at radius 3 is 2.50 bits per heavy atom. The second-order valence-corrected chi connectivity index (χ2v) is 9.79. The van der Waals surface area contributed by atoms with Gasteiger partial charge in [0.05, 0.1) is 5.69 Å². The minimum Gasteiger partial charge on any atom is -0.455 e. The summed E-state index contributed by atoms with van der Waals surface area (Å²) in [6, 6.07) is 19.9. The molecule has 0 N–H and O–H groups in total. The number of furan rings is 1. The molecule has 1 aliphatic carbocycles. The molecule has 2 nitrogen and oxygen atoms in total. The Morgan fingerprint density at radius 2 is 1.69 bits per heavy atom. The van der Waals surface area contributed by atoms with Gasteiger partial charge in [-0.3, -0.25) is 4.98 Å². The summed E-state index contributed by atoms with van der Waals surface area (Å²) < 4.78 is 6.38. The summed E-state index contributed by atoms with van der Waals surface area (Å²) in [6.07, 6.45) is 7.44. The van der Waals surface area contributed by atoms with Gasteiger partial charge in [0, 0.05) is 27.9 Å². The minimum absolute atomic E-state index is 0.432. The first-order valence-electron chi connectivity index (χ1n) is 11.9. The lowest BCUT2D eigenvalue weighted by atomic mass is 9.89. The topological polar surface area (TPSA) is 26.0 Å². The fourth-order valence-electron chi connectivity index (χ4n) is 5.62. The van der Waals surface area contributed by atoms with Crippen molar-refractivity contribution in [2.75, 3.05) is 0 Å². The van der Waals surface area contributed by atoms with E-state index in [1.54, 1.807) is 0 Å². The largest absolute Gasteiger partial charge is 0.455 e. The first kappa shape index (κ1) is 19.5. The lowest BCUT2D eigenvalue weighted by molar-refractivity contribution is 0.670. The van der Waals surface area contributed by atoms with Gasteiger partial charge in [0.15, 0.2) is 0 Å². The number of fused-ring (bicyclic) bond motifs is 4. The van der Waals surface area contributed by atoms with Crippen LogP contribution in [0.25, 0.3) is 44.0 Å². The molecule has 0 aliphatic heterocycles. The molecular formula is C30H29NO. The monoisotopic (exact) mass is 419 g/mol. The van der Waals surface area contributed by atoms with E-state index < -0.39 is 0 Å². The van der Waals surface area contributed by atoms with Gasteiger partial charge in [-0.1, -0.05) is 63.1 Å². The van der Waals surface area contributed by atoms with Gasteiger partial charge < -0.3 is 4.42 Å². The van der Waals surface area contributed by atoms with Crippen LogP contribution in [0.4, 0.5) is 0 Å². The van der Waals surface area contributed by atoms with Crippen molar-refractivity contribution < 1.29 is 4.42 Å². The second-order valence-electron chi connectivity index (χ2n) is 9.79. The van der Waals surface area contributed by atoms with Crippen molar-refractivity contribution in [3.05, 3.63) is 77.5 Å². The summed E-state index contributed by atoms with van der Waals surface area (Å²) in [5, 5.41) is 4.91. The van der Waals surface area contributed by atoms with E-state index in [9.17, 15) is 0 Å². The molecule has 1 fully saturated rings. The summed E-state index contributed by atoms with van der Waals surface area (Å²) in [6.45, 7) is 6.69. The zero-order valence-electron chi connectivity index (χ0n) is 19.1. The fourth-order valence-corrected chi connectivity index (χ4v) is 5.62. The van der Waals surface area contributed by atoms with Gasteiger partial charge in [-0.05, 0) is 71.9 Å². The average molecular weight is 420 g/mol. The molecule has 0 amide bonds. The molecule has 0 spiro atoms. The first-order chi connectivity index (χ1) is 15.6. The van der Waals surface area contributed by atoms with Crippen LogP contribution in [0.3, 0.4) is 0 Å². The summed E-state index contributed by atoms with van der Waals surface area (Å²) >= 11 is 0. The molecule has 3 aromatic carbocycles. The van der Waals surface area contributed by atoms with Crippen LogP contribution >= 0.6 is 0 Å². The van der Waals surface area contributed by atoms with Crippen LogP contribution in [-0.4, -0.2) is 4.98 Å². The van der Waals surface area contributed by atoms with E-state index in [-0.39, 0.29) is 0 Å². The molecule has 0 atom stereocenters. The molecule has 0 unspecified atom stereocenters. The zero-order valence-corrected chi connectivity index (χ0v) is 19.1. The standard InChI is InChI=1S/C30H29NO/c1-18(2)27-17-31-29(23-13-12-21(16-24(23)27)20-8-4-5-9-20)26-15-19(3)14-25-22-10-6-7-11-28(22)32-30(25)26/h6-7,10-18,20H,4-5,8-9H2,1-3H3. The Morgan fingerprint density at radius 1 is 0.875 bits per heavy atom. The van der Waals surface area contributed by atoms with Gasteiger partial charge in [0.25, 0.3) is 0 Å². The van der Waals surface area contributed by atoms with Crippen molar-refractivity contribution >= 4 is 32.7 Å². The molecule has 0 bridgehead atoms. The number of nitrogens with zero attached hydrogens (tertiary/aromatic N) is 1. The van der Waals surface area contributed by atoms with Crippen molar-refractivity contribution in [1.29, 1.82) is 0 Å². The lowest BCUT2D eigenvalue weighted by Crippen LogP contribution is -1.98. The molecule has 32 heavy (non-hydrogen) atoms. The summed E-state index contributed by atoms with van der Waals surface area (Å²) in [7, 11) is 0. The van der Waals surface area contributed by atoms with E-state index >= 15 is 0 Å². The zero-order chi connectivity index (χ0) is 21.8. The van der Waals surface area contributed by atoms with Crippen molar-refractivity contribution in [2.45, 2.75) is 58.3 Å². The van der Waals surface area contributed by atoms with Crippen LogP contribution in [0.2, 0.25) is 0 Å². The van der Waals surface area contributed by atoms with Crippen LogP contribution in [0.1, 0.15) is 68.1 Å². The van der Waals surface area contributed by atoms with E-state index in [4.69, 9.17) is 9.40 Å². The van der Waals surface area contributed by atoms with Crippen molar-refractivity contribution in [3.63, 3.8) is 0 Å². The normalized spacial score (nSPS) is 15.0. The van der Waals surface area contributed by atoms with Crippen LogP contribution < -0.4 is 0 Å². The van der Waals surface area contributed by atoms with Crippen LogP contribution in [0, 0.1) is 6.92 Å². The third-order valence-corrected chi connectivity index (χ3v) is 7.27. The number of hydrogen-bond donors (Lipinski definition) is 0. The highest BCUT2D eigenvalue weighted by atomic mass is 16.3. The van der Waals surface area contributed by atoms with Gasteiger partial charge in [-0.25, -0.2) is 0 Å². The number of benzene rings is 3. The minimum atomic E-state index is 0.432. The van der Waals surface area contributed by atoms with E-state index in [0.29, 0.717) is 11.8 Å². The van der Waals surface area contributed by atoms with E-state index in [1.165, 1.54) is 63.9 Å². The first-order valence-corrected chi connectivity index (χ1v) is 11.9. The predicted octanol–water partition coefficient (Wildman–Crippen LogP) is 8.89. The number of hydrogen-bond acceptors (Lipinski definition) is 2. The molecule has 1 aliphatic rings.